The molecule has 1 aromatic rings. The molecule has 0 bridgehead atoms. The predicted octanol–water partition coefficient (Wildman–Crippen LogP) is 4.01. The minimum absolute atomic E-state index is 0.451. The Morgan fingerprint density at radius 2 is 2.21 bits per heavy atom. The van der Waals surface area contributed by atoms with Gasteiger partial charge in [0.15, 0.2) is 5.17 Å². The van der Waals surface area contributed by atoms with E-state index in [4.69, 9.17) is 9.73 Å². The summed E-state index contributed by atoms with van der Waals surface area (Å²) >= 11 is 1.80. The van der Waals surface area contributed by atoms with Gasteiger partial charge in [0, 0.05) is 5.75 Å². The molecule has 0 spiro atoms. The predicted molar refractivity (Wildman–Crippen MR) is 84.4 cm³/mol. The van der Waals surface area contributed by atoms with Crippen LogP contribution in [0.25, 0.3) is 0 Å². The molecular weight excluding hydrogens is 256 g/mol. The average Bonchev–Trinajstić information content (AvgIpc) is 2.78. The van der Waals surface area contributed by atoms with Gasteiger partial charge in [-0.05, 0) is 31.4 Å². The SMILES string of the molecule is CCOc1ccccc1NC1=NC(CC(C)C)CS1. The lowest BCUT2D eigenvalue weighted by atomic mass is 10.1. The van der Waals surface area contributed by atoms with Crippen LogP contribution in [0.2, 0.25) is 0 Å². The highest BCUT2D eigenvalue weighted by Crippen LogP contribution is 2.28. The van der Waals surface area contributed by atoms with Gasteiger partial charge in [0.2, 0.25) is 0 Å². The second kappa shape index (κ2) is 6.85. The molecule has 0 aliphatic carbocycles. The van der Waals surface area contributed by atoms with Crippen LogP contribution in [0.1, 0.15) is 27.2 Å². The van der Waals surface area contributed by atoms with Gasteiger partial charge in [-0.25, -0.2) is 0 Å². The van der Waals surface area contributed by atoms with Crippen molar-refractivity contribution >= 4 is 22.6 Å². The second-order valence-corrected chi connectivity index (χ2v) is 6.09. The van der Waals surface area contributed by atoms with Crippen LogP contribution in [-0.4, -0.2) is 23.6 Å². The molecule has 1 aromatic carbocycles. The first-order valence-corrected chi connectivity index (χ1v) is 7.87. The lowest BCUT2D eigenvalue weighted by Gasteiger charge is -2.11. The van der Waals surface area contributed by atoms with Gasteiger partial charge in [-0.1, -0.05) is 37.7 Å². The zero-order valence-corrected chi connectivity index (χ0v) is 12.7. The molecule has 3 nitrogen and oxygen atoms in total. The van der Waals surface area contributed by atoms with Crippen molar-refractivity contribution in [3.8, 4) is 5.75 Å². The van der Waals surface area contributed by atoms with E-state index >= 15 is 0 Å². The molecule has 1 aliphatic heterocycles. The van der Waals surface area contributed by atoms with E-state index in [0.717, 1.165) is 28.8 Å². The highest BCUT2D eigenvalue weighted by atomic mass is 32.2. The number of benzene rings is 1. The van der Waals surface area contributed by atoms with Gasteiger partial charge in [-0.15, -0.1) is 0 Å². The Bertz CT molecular complexity index is 446. The van der Waals surface area contributed by atoms with Gasteiger partial charge in [-0.3, -0.25) is 4.99 Å². The van der Waals surface area contributed by atoms with Crippen LogP contribution in [0.15, 0.2) is 29.3 Å². The fourth-order valence-electron chi connectivity index (χ4n) is 2.12. The standard InChI is InChI=1S/C15H22N2OS/c1-4-18-14-8-6-5-7-13(14)17-15-16-12(10-19-15)9-11(2)3/h5-8,11-12H,4,9-10H2,1-3H3,(H,16,17). The third-order valence-corrected chi connectivity index (χ3v) is 3.92. The maximum absolute atomic E-state index is 5.61. The average molecular weight is 278 g/mol. The third kappa shape index (κ3) is 4.16. The van der Waals surface area contributed by atoms with Crippen molar-refractivity contribution in [3.05, 3.63) is 24.3 Å². The quantitative estimate of drug-likeness (QED) is 0.883. The number of hydrogen-bond acceptors (Lipinski definition) is 4. The van der Waals surface area contributed by atoms with E-state index in [1.165, 1.54) is 0 Å². The van der Waals surface area contributed by atoms with Crippen LogP contribution < -0.4 is 10.1 Å². The summed E-state index contributed by atoms with van der Waals surface area (Å²) in [6.07, 6.45) is 1.16. The van der Waals surface area contributed by atoms with E-state index in [-0.39, 0.29) is 0 Å². The van der Waals surface area contributed by atoms with Crippen LogP contribution >= 0.6 is 11.8 Å². The van der Waals surface area contributed by atoms with Gasteiger partial charge in [0.25, 0.3) is 0 Å². The number of anilines is 1. The Hall–Kier alpha value is -1.16. The van der Waals surface area contributed by atoms with Crippen molar-refractivity contribution in [1.29, 1.82) is 0 Å². The third-order valence-electron chi connectivity index (χ3n) is 2.88. The molecule has 0 amide bonds. The normalized spacial score (nSPS) is 18.5. The van der Waals surface area contributed by atoms with Gasteiger partial charge in [-0.2, -0.15) is 0 Å². The van der Waals surface area contributed by atoms with Crippen LogP contribution in [0, 0.1) is 5.92 Å². The molecule has 0 radical (unpaired) electrons. The molecule has 19 heavy (non-hydrogen) atoms. The number of nitrogens with zero attached hydrogens (tertiary/aromatic N) is 1. The number of hydrogen-bond donors (Lipinski definition) is 1. The zero-order valence-electron chi connectivity index (χ0n) is 11.8. The van der Waals surface area contributed by atoms with Crippen LogP contribution in [0.5, 0.6) is 5.75 Å². The number of aliphatic imine (C=N–C) groups is 1. The van der Waals surface area contributed by atoms with Crippen molar-refractivity contribution in [2.75, 3.05) is 17.7 Å². The fourth-order valence-corrected chi connectivity index (χ4v) is 3.08. The highest BCUT2D eigenvalue weighted by molar-refractivity contribution is 8.14. The molecule has 0 saturated carbocycles. The van der Waals surface area contributed by atoms with E-state index in [0.29, 0.717) is 18.6 Å². The molecule has 104 valence electrons. The summed E-state index contributed by atoms with van der Waals surface area (Å²) in [6.45, 7) is 7.16. The number of nitrogens with one attached hydrogen (secondary N) is 1. The van der Waals surface area contributed by atoms with Gasteiger partial charge >= 0.3 is 0 Å². The first-order chi connectivity index (χ1) is 9.19. The first kappa shape index (κ1) is 14.3. The van der Waals surface area contributed by atoms with Gasteiger partial charge in [0.05, 0.1) is 18.3 Å². The molecule has 4 heteroatoms. The molecular formula is C15H22N2OS. The lowest BCUT2D eigenvalue weighted by Crippen LogP contribution is -2.08. The molecule has 1 unspecified atom stereocenters. The largest absolute Gasteiger partial charge is 0.492 e. The molecule has 1 heterocycles. The minimum Gasteiger partial charge on any atom is -0.492 e. The van der Waals surface area contributed by atoms with Crippen LogP contribution in [0.3, 0.4) is 0 Å². The maximum atomic E-state index is 5.61. The minimum atomic E-state index is 0.451. The van der Waals surface area contributed by atoms with Gasteiger partial charge in [0.1, 0.15) is 5.75 Å². The van der Waals surface area contributed by atoms with E-state index in [1.807, 2.05) is 31.2 Å². The summed E-state index contributed by atoms with van der Waals surface area (Å²) < 4.78 is 5.61. The molecule has 2 rings (SSSR count). The van der Waals surface area contributed by atoms with Crippen molar-refractivity contribution < 1.29 is 4.74 Å². The summed E-state index contributed by atoms with van der Waals surface area (Å²) in [5.74, 6) is 2.67. The summed E-state index contributed by atoms with van der Waals surface area (Å²) in [5, 5.41) is 4.40. The van der Waals surface area contributed by atoms with Crippen molar-refractivity contribution in [3.63, 3.8) is 0 Å². The Balaban J connectivity index is 2.02. The lowest BCUT2D eigenvalue weighted by molar-refractivity contribution is 0.342. The Labute approximate surface area is 119 Å². The van der Waals surface area contributed by atoms with E-state index in [1.54, 1.807) is 11.8 Å². The zero-order chi connectivity index (χ0) is 13.7. The summed E-state index contributed by atoms with van der Waals surface area (Å²) in [6, 6.07) is 8.46. The Morgan fingerprint density at radius 3 is 2.95 bits per heavy atom. The Kier molecular flexibility index (Phi) is 5.14. The number of amidine groups is 1. The molecule has 0 aromatic heterocycles. The van der Waals surface area contributed by atoms with Crippen LogP contribution in [0.4, 0.5) is 5.69 Å². The second-order valence-electron chi connectivity index (χ2n) is 5.08. The molecule has 1 N–H and O–H groups in total. The van der Waals surface area contributed by atoms with Gasteiger partial charge < -0.3 is 10.1 Å². The molecule has 1 atom stereocenters. The van der Waals surface area contributed by atoms with E-state index < -0.39 is 0 Å². The number of ether oxygens (including phenoxy) is 1. The smallest absolute Gasteiger partial charge is 0.161 e. The van der Waals surface area contributed by atoms with Crippen molar-refractivity contribution in [2.24, 2.45) is 10.9 Å². The number of rotatable bonds is 5. The number of para-hydroxylation sites is 2. The van der Waals surface area contributed by atoms with E-state index in [2.05, 4.69) is 19.2 Å². The summed E-state index contributed by atoms with van der Waals surface area (Å²) in [5.41, 5.74) is 1.00. The molecule has 1 aliphatic rings. The topological polar surface area (TPSA) is 33.6 Å². The molecule has 0 fully saturated rings. The maximum Gasteiger partial charge on any atom is 0.161 e. The Morgan fingerprint density at radius 1 is 1.42 bits per heavy atom. The van der Waals surface area contributed by atoms with Crippen LogP contribution in [-0.2, 0) is 0 Å². The fraction of sp³-hybridized carbons (Fsp3) is 0.533. The van der Waals surface area contributed by atoms with Crippen molar-refractivity contribution in [1.82, 2.24) is 0 Å². The number of thioether (sulfide) groups is 1. The first-order valence-electron chi connectivity index (χ1n) is 6.88. The van der Waals surface area contributed by atoms with E-state index in [9.17, 15) is 0 Å². The monoisotopic (exact) mass is 278 g/mol. The summed E-state index contributed by atoms with van der Waals surface area (Å²) in [7, 11) is 0. The van der Waals surface area contributed by atoms with Crippen molar-refractivity contribution in [2.45, 2.75) is 33.2 Å². The highest BCUT2D eigenvalue weighted by Gasteiger charge is 2.19. The summed E-state index contributed by atoms with van der Waals surface area (Å²) in [4.78, 5) is 4.74. The molecule has 0 saturated heterocycles.